The van der Waals surface area contributed by atoms with Crippen LogP contribution in [0.25, 0.3) is 16.9 Å². The summed E-state index contributed by atoms with van der Waals surface area (Å²) in [7, 11) is 0. The Labute approximate surface area is 175 Å². The second kappa shape index (κ2) is 8.54. The van der Waals surface area contributed by atoms with E-state index in [1.165, 1.54) is 0 Å². The molecule has 4 heteroatoms. The van der Waals surface area contributed by atoms with Crippen LogP contribution in [0.4, 0.5) is 5.69 Å². The number of benzene rings is 3. The number of anilines is 1. The molecule has 1 fully saturated rings. The van der Waals surface area contributed by atoms with Crippen LogP contribution in [-0.4, -0.2) is 24.5 Å². The molecule has 0 unspecified atom stereocenters. The second-order valence-corrected chi connectivity index (χ2v) is 7.64. The Kier molecular flexibility index (Phi) is 5.68. The van der Waals surface area contributed by atoms with Crippen molar-refractivity contribution in [3.8, 4) is 11.1 Å². The van der Waals surface area contributed by atoms with Crippen LogP contribution in [0.3, 0.4) is 0 Å². The van der Waals surface area contributed by atoms with Gasteiger partial charge in [0, 0.05) is 34.9 Å². The predicted octanol–water partition coefficient (Wildman–Crippen LogP) is 6.39. The highest BCUT2D eigenvalue weighted by Crippen LogP contribution is 2.33. The number of carbonyl (C=O) groups is 1. The van der Waals surface area contributed by atoms with E-state index in [4.69, 9.17) is 11.6 Å². The largest absolute Gasteiger partial charge is 0.507 e. The molecule has 3 aromatic rings. The van der Waals surface area contributed by atoms with Gasteiger partial charge in [-0.25, -0.2) is 0 Å². The van der Waals surface area contributed by atoms with E-state index in [2.05, 4.69) is 4.90 Å². The van der Waals surface area contributed by atoms with Crippen molar-refractivity contribution in [2.75, 3.05) is 18.0 Å². The van der Waals surface area contributed by atoms with Gasteiger partial charge in [-0.05, 0) is 65.9 Å². The molecule has 1 aliphatic heterocycles. The predicted molar refractivity (Wildman–Crippen MR) is 120 cm³/mol. The third kappa shape index (κ3) is 4.20. The number of piperidine rings is 1. The lowest BCUT2D eigenvalue weighted by Gasteiger charge is -2.31. The number of aliphatic hydroxyl groups excluding tert-OH is 1. The lowest BCUT2D eigenvalue weighted by atomic mass is 9.93. The van der Waals surface area contributed by atoms with E-state index in [0.717, 1.165) is 60.2 Å². The molecule has 4 rings (SSSR count). The fourth-order valence-corrected chi connectivity index (χ4v) is 3.92. The number of hydrogen-bond donors (Lipinski definition) is 1. The van der Waals surface area contributed by atoms with Gasteiger partial charge in [0.25, 0.3) is 0 Å². The molecule has 1 saturated heterocycles. The molecule has 1 N–H and O–H groups in total. The van der Waals surface area contributed by atoms with Crippen LogP contribution in [0.1, 0.15) is 28.8 Å². The number of hydrogen-bond acceptors (Lipinski definition) is 3. The second-order valence-electron chi connectivity index (χ2n) is 7.20. The molecule has 0 aromatic heterocycles. The van der Waals surface area contributed by atoms with Crippen LogP contribution in [-0.2, 0) is 0 Å². The Morgan fingerprint density at radius 2 is 1.55 bits per heavy atom. The van der Waals surface area contributed by atoms with E-state index < -0.39 is 0 Å². The minimum Gasteiger partial charge on any atom is -0.507 e. The van der Waals surface area contributed by atoms with E-state index in [0.29, 0.717) is 16.3 Å². The van der Waals surface area contributed by atoms with Crippen LogP contribution >= 0.6 is 11.6 Å². The first-order valence-corrected chi connectivity index (χ1v) is 10.1. The fourth-order valence-electron chi connectivity index (χ4n) is 3.80. The van der Waals surface area contributed by atoms with Gasteiger partial charge in [-0.1, -0.05) is 48.0 Å². The summed E-state index contributed by atoms with van der Waals surface area (Å²) >= 11 is 6.02. The van der Waals surface area contributed by atoms with Crippen LogP contribution in [0, 0.1) is 0 Å². The number of nitrogens with zero attached hydrogens (tertiary/aromatic N) is 1. The van der Waals surface area contributed by atoms with Gasteiger partial charge in [0.15, 0.2) is 0 Å². The highest BCUT2D eigenvalue weighted by molar-refractivity contribution is 6.30. The minimum absolute atomic E-state index is 0.381. The van der Waals surface area contributed by atoms with Crippen molar-refractivity contribution >= 4 is 29.3 Å². The highest BCUT2D eigenvalue weighted by Gasteiger charge is 2.19. The molecule has 146 valence electrons. The summed E-state index contributed by atoms with van der Waals surface area (Å²) in [6.45, 7) is 1.67. The van der Waals surface area contributed by atoms with Gasteiger partial charge in [0.2, 0.25) is 0 Å². The molecule has 0 amide bonds. The standard InChI is InChI=1S/C25H22ClNO2/c26-21-9-7-19(8-10-21)23-3-1-2-4-24(23)25(29)20-13-15-27(16-14-20)22-11-5-18(17-28)6-12-22/h1-12,17,29H,13-16H2. The van der Waals surface area contributed by atoms with Gasteiger partial charge in [0.05, 0.1) is 0 Å². The molecule has 3 nitrogen and oxygen atoms in total. The van der Waals surface area contributed by atoms with Gasteiger partial charge in [-0.2, -0.15) is 0 Å². The Hall–Kier alpha value is -3.04. The van der Waals surface area contributed by atoms with Crippen molar-refractivity contribution in [1.82, 2.24) is 0 Å². The van der Waals surface area contributed by atoms with Crippen molar-refractivity contribution < 1.29 is 9.90 Å². The zero-order valence-corrected chi connectivity index (χ0v) is 16.8. The third-order valence-corrected chi connectivity index (χ3v) is 5.69. The van der Waals surface area contributed by atoms with Crippen LogP contribution in [0.15, 0.2) is 78.4 Å². The zero-order chi connectivity index (χ0) is 20.2. The number of aliphatic hydroxyl groups is 1. The molecular weight excluding hydrogens is 382 g/mol. The number of rotatable bonds is 4. The zero-order valence-electron chi connectivity index (χ0n) is 16.0. The van der Waals surface area contributed by atoms with E-state index in [-0.39, 0.29) is 0 Å². The topological polar surface area (TPSA) is 40.5 Å². The molecule has 1 heterocycles. The van der Waals surface area contributed by atoms with E-state index in [1.807, 2.05) is 72.8 Å². The SMILES string of the molecule is O=Cc1ccc(N2CCC(=C(O)c3ccccc3-c3ccc(Cl)cc3)CC2)cc1. The molecule has 0 saturated carbocycles. The van der Waals surface area contributed by atoms with Crippen molar-refractivity contribution in [2.45, 2.75) is 12.8 Å². The third-order valence-electron chi connectivity index (χ3n) is 5.43. The van der Waals surface area contributed by atoms with Crippen LogP contribution in [0.2, 0.25) is 5.02 Å². The summed E-state index contributed by atoms with van der Waals surface area (Å²) in [5, 5.41) is 11.8. The van der Waals surface area contributed by atoms with E-state index in [1.54, 1.807) is 0 Å². The molecule has 29 heavy (non-hydrogen) atoms. The summed E-state index contributed by atoms with van der Waals surface area (Å²) in [5.41, 5.74) is 5.75. The summed E-state index contributed by atoms with van der Waals surface area (Å²) < 4.78 is 0. The monoisotopic (exact) mass is 403 g/mol. The van der Waals surface area contributed by atoms with E-state index in [9.17, 15) is 9.90 Å². The molecule has 0 bridgehead atoms. The van der Waals surface area contributed by atoms with Crippen molar-refractivity contribution in [2.24, 2.45) is 0 Å². The average Bonchev–Trinajstić information content (AvgIpc) is 2.79. The first-order chi connectivity index (χ1) is 14.2. The molecule has 0 aliphatic carbocycles. The molecule has 3 aromatic carbocycles. The number of aldehydes is 1. The summed E-state index contributed by atoms with van der Waals surface area (Å²) in [4.78, 5) is 13.1. The average molecular weight is 404 g/mol. The van der Waals surface area contributed by atoms with Gasteiger partial charge in [0.1, 0.15) is 12.0 Å². The normalized spacial score (nSPS) is 14.0. The fraction of sp³-hybridized carbons (Fsp3) is 0.160. The maximum atomic E-state index is 11.1. The first kappa shape index (κ1) is 19.3. The minimum atomic E-state index is 0.381. The Balaban J connectivity index is 1.56. The van der Waals surface area contributed by atoms with Crippen molar-refractivity contribution in [1.29, 1.82) is 0 Å². The lowest BCUT2D eigenvalue weighted by molar-refractivity contribution is 0.112. The van der Waals surface area contributed by atoms with Gasteiger partial charge < -0.3 is 10.0 Å². The Morgan fingerprint density at radius 1 is 0.897 bits per heavy atom. The Morgan fingerprint density at radius 3 is 2.21 bits per heavy atom. The molecule has 1 aliphatic rings. The molecule has 0 radical (unpaired) electrons. The van der Waals surface area contributed by atoms with Gasteiger partial charge in [-0.3, -0.25) is 4.79 Å². The summed E-state index contributed by atoms with van der Waals surface area (Å²) in [5.74, 6) is 0.381. The summed E-state index contributed by atoms with van der Waals surface area (Å²) in [6, 6.07) is 23.3. The molecular formula is C25H22ClNO2. The van der Waals surface area contributed by atoms with E-state index >= 15 is 0 Å². The first-order valence-electron chi connectivity index (χ1n) is 9.72. The highest BCUT2D eigenvalue weighted by atomic mass is 35.5. The molecule has 0 spiro atoms. The Bertz CT molecular complexity index is 1030. The van der Waals surface area contributed by atoms with Crippen LogP contribution in [0.5, 0.6) is 0 Å². The van der Waals surface area contributed by atoms with Gasteiger partial charge in [-0.15, -0.1) is 0 Å². The van der Waals surface area contributed by atoms with Crippen molar-refractivity contribution in [3.63, 3.8) is 0 Å². The van der Waals surface area contributed by atoms with Gasteiger partial charge >= 0.3 is 0 Å². The maximum absolute atomic E-state index is 11.1. The van der Waals surface area contributed by atoms with Crippen molar-refractivity contribution in [3.05, 3.63) is 94.5 Å². The maximum Gasteiger partial charge on any atom is 0.150 e. The quantitative estimate of drug-likeness (QED) is 0.405. The number of carbonyl (C=O) groups excluding carboxylic acids is 1. The van der Waals surface area contributed by atoms with Crippen LogP contribution < -0.4 is 4.90 Å². The number of halogens is 1. The molecule has 0 atom stereocenters. The lowest BCUT2D eigenvalue weighted by Crippen LogP contribution is -2.30. The summed E-state index contributed by atoms with van der Waals surface area (Å²) in [6.07, 6.45) is 2.46. The smallest absolute Gasteiger partial charge is 0.150 e.